The molecule has 2 aliphatic carbocycles. The zero-order chi connectivity index (χ0) is 52.3. The number of aldehydes is 1. The van der Waals surface area contributed by atoms with E-state index in [1.165, 1.54) is 43.4 Å². The van der Waals surface area contributed by atoms with Gasteiger partial charge >= 0.3 is 6.18 Å². The Morgan fingerprint density at radius 3 is 1.31 bits per heavy atom. The number of hydrogen-bond acceptors (Lipinski definition) is 9. The number of fused-ring (bicyclic) bond motifs is 2. The number of nitrogens with two attached hydrogens (primary N) is 2. The zero-order valence-electron chi connectivity index (χ0n) is 38.1. The van der Waals surface area contributed by atoms with Crippen LogP contribution in [0.1, 0.15) is 70.6 Å². The average Bonchev–Trinajstić information content (AvgIpc) is 3.87. The summed E-state index contributed by atoms with van der Waals surface area (Å²) in [6.07, 6.45) is -0.557. The van der Waals surface area contributed by atoms with Crippen molar-refractivity contribution in [3.05, 3.63) is 129 Å². The smallest absolute Gasteiger partial charge is 0.364 e. The highest BCUT2D eigenvalue weighted by Crippen LogP contribution is 2.28. The van der Waals surface area contributed by atoms with Crippen molar-refractivity contribution in [3.63, 3.8) is 0 Å². The van der Waals surface area contributed by atoms with Crippen molar-refractivity contribution in [2.75, 3.05) is 13.1 Å². The molecule has 2 heterocycles. The van der Waals surface area contributed by atoms with Gasteiger partial charge in [-0.05, 0) is 62.8 Å². The third-order valence-corrected chi connectivity index (χ3v) is 12.4. The molecule has 380 valence electrons. The fourth-order valence-corrected chi connectivity index (χ4v) is 8.10. The highest BCUT2D eigenvalue weighted by Gasteiger charge is 2.33. The topological polar surface area (TPSA) is 238 Å². The molecule has 4 aromatic carbocycles. The Labute approximate surface area is 417 Å². The molecule has 17 nitrogen and oxygen atoms in total. The maximum Gasteiger partial charge on any atom is 0.446 e. The third kappa shape index (κ3) is 13.7. The number of rotatable bonds is 16. The minimum Gasteiger partial charge on any atom is -0.364 e. The van der Waals surface area contributed by atoms with Gasteiger partial charge in [-0.15, -0.1) is 0 Å². The predicted octanol–water partition coefficient (Wildman–Crippen LogP) is 6.00. The number of nitrogens with zero attached hydrogens (tertiary/aromatic N) is 6. The number of alkyl halides is 3. The molecular formula is C48H47Cl2F5N10O7. The van der Waals surface area contributed by atoms with E-state index in [9.17, 15) is 50.7 Å². The summed E-state index contributed by atoms with van der Waals surface area (Å²) in [4.78, 5) is 86.8. The van der Waals surface area contributed by atoms with E-state index in [1.54, 1.807) is 60.7 Å². The molecule has 72 heavy (non-hydrogen) atoms. The summed E-state index contributed by atoms with van der Waals surface area (Å²) >= 11 is 11.6. The molecule has 6 amide bonds. The molecule has 0 unspecified atom stereocenters. The molecular weight excluding hydrogens is 994 g/mol. The first-order valence-electron chi connectivity index (χ1n) is 22.3. The number of aromatic nitrogens is 4. The number of benzene rings is 4. The quantitative estimate of drug-likeness (QED) is 0.0656. The van der Waals surface area contributed by atoms with Gasteiger partial charge in [0.05, 0.1) is 34.2 Å². The second-order valence-electron chi connectivity index (χ2n) is 16.6. The van der Waals surface area contributed by atoms with E-state index in [0.29, 0.717) is 21.8 Å². The summed E-state index contributed by atoms with van der Waals surface area (Å²) in [6.45, 7) is -0.671. The van der Waals surface area contributed by atoms with Crippen LogP contribution in [0.4, 0.5) is 22.0 Å². The molecule has 2 aliphatic rings. The van der Waals surface area contributed by atoms with E-state index < -0.39 is 47.7 Å². The molecule has 2 fully saturated rings. The van der Waals surface area contributed by atoms with Crippen molar-refractivity contribution in [2.24, 2.45) is 11.5 Å². The van der Waals surface area contributed by atoms with E-state index in [2.05, 4.69) is 20.8 Å². The lowest BCUT2D eigenvalue weighted by atomic mass is 9.91. The summed E-state index contributed by atoms with van der Waals surface area (Å²) in [7, 11) is 0. The fourth-order valence-electron chi connectivity index (χ4n) is 7.72. The Morgan fingerprint density at radius 2 is 0.986 bits per heavy atom. The largest absolute Gasteiger partial charge is 0.446 e. The van der Waals surface area contributed by atoms with Crippen LogP contribution in [-0.2, 0) is 50.2 Å². The van der Waals surface area contributed by atoms with Crippen LogP contribution in [0.3, 0.4) is 0 Å². The SMILES string of the molecule is NC(=O)c1nn(CC(=O)N(CC(=O)NCc2cccc(Cl)c2F)C2CCC2)c2ccccc12.NC(=O)c1nn(CC(=O)N(CC(=O)NCc2cccc(Cl)c2F)C2CCC2)c2ccccc12.O=CC(F)(F)F. The van der Waals surface area contributed by atoms with Gasteiger partial charge in [-0.25, -0.2) is 8.78 Å². The molecule has 0 bridgehead atoms. The second-order valence-corrected chi connectivity index (χ2v) is 17.4. The van der Waals surface area contributed by atoms with Gasteiger partial charge in [-0.3, -0.25) is 42.9 Å². The number of carbonyl (C=O) groups excluding carboxylic acids is 7. The van der Waals surface area contributed by atoms with Crippen molar-refractivity contribution < 1.29 is 55.5 Å². The van der Waals surface area contributed by atoms with Crippen LogP contribution < -0.4 is 22.1 Å². The minimum absolute atomic E-state index is 0.0187. The maximum atomic E-state index is 14.1. The first kappa shape index (κ1) is 53.9. The summed E-state index contributed by atoms with van der Waals surface area (Å²) in [5.41, 5.74) is 12.8. The molecule has 6 aromatic rings. The molecule has 0 radical (unpaired) electrons. The van der Waals surface area contributed by atoms with Gasteiger partial charge in [0.1, 0.15) is 24.7 Å². The highest BCUT2D eigenvalue weighted by molar-refractivity contribution is 6.31. The molecule has 0 spiro atoms. The van der Waals surface area contributed by atoms with Crippen LogP contribution in [-0.4, -0.2) is 102 Å². The van der Waals surface area contributed by atoms with E-state index in [4.69, 9.17) is 39.5 Å². The van der Waals surface area contributed by atoms with Gasteiger partial charge in [0.2, 0.25) is 29.9 Å². The Bertz CT molecular complexity index is 2810. The van der Waals surface area contributed by atoms with Gasteiger partial charge in [-0.2, -0.15) is 23.4 Å². The molecule has 2 aromatic heterocycles. The molecule has 8 rings (SSSR count). The summed E-state index contributed by atoms with van der Waals surface area (Å²) in [6, 6.07) is 23.1. The van der Waals surface area contributed by atoms with Crippen LogP contribution in [0.25, 0.3) is 21.8 Å². The van der Waals surface area contributed by atoms with Crippen LogP contribution in [0.15, 0.2) is 84.9 Å². The Kier molecular flexibility index (Phi) is 18.0. The first-order valence-corrected chi connectivity index (χ1v) is 23.0. The summed E-state index contributed by atoms with van der Waals surface area (Å²) in [5.74, 6) is -3.93. The Morgan fingerprint density at radius 1 is 0.625 bits per heavy atom. The van der Waals surface area contributed by atoms with Crippen molar-refractivity contribution >= 4 is 86.7 Å². The van der Waals surface area contributed by atoms with E-state index in [0.717, 1.165) is 38.5 Å². The molecule has 0 saturated heterocycles. The lowest BCUT2D eigenvalue weighted by Crippen LogP contribution is -2.50. The lowest BCUT2D eigenvalue weighted by Gasteiger charge is -2.37. The number of carbonyl (C=O) groups is 7. The zero-order valence-corrected chi connectivity index (χ0v) is 39.7. The molecule has 0 aliphatic heterocycles. The van der Waals surface area contributed by atoms with Gasteiger partial charge in [0.25, 0.3) is 11.8 Å². The van der Waals surface area contributed by atoms with Gasteiger partial charge < -0.3 is 31.9 Å². The third-order valence-electron chi connectivity index (χ3n) is 11.8. The monoisotopic (exact) mass is 1040 g/mol. The normalized spacial score (nSPS) is 13.3. The van der Waals surface area contributed by atoms with Crippen molar-refractivity contribution in [1.29, 1.82) is 0 Å². The number of halogens is 7. The number of para-hydroxylation sites is 2. The Balaban J connectivity index is 0.000000211. The van der Waals surface area contributed by atoms with E-state index >= 15 is 0 Å². The standard InChI is InChI=1S/2C23H23ClFN5O3.C2HF3O/c2*24-17-9-3-5-14(21(17)25)11-27-19(31)12-29(15-6-4-7-15)20(32)13-30-18-10-2-1-8-16(18)22(28-30)23(26)33;3-2(4,5)1-6/h2*1-3,5,8-10,15H,4,6-7,11-13H2,(H2,26,33)(H,27,31);1H. The fraction of sp³-hybridized carbons (Fsp3) is 0.312. The van der Waals surface area contributed by atoms with Crippen molar-refractivity contribution in [2.45, 2.75) is 83.0 Å². The van der Waals surface area contributed by atoms with Crippen molar-refractivity contribution in [1.82, 2.24) is 40.0 Å². The molecule has 6 N–H and O–H groups in total. The maximum absolute atomic E-state index is 14.1. The number of hydrogen-bond donors (Lipinski definition) is 4. The lowest BCUT2D eigenvalue weighted by molar-refractivity contribution is -0.156. The average molecular weight is 1040 g/mol. The number of primary amides is 2. The molecule has 2 saturated carbocycles. The van der Waals surface area contributed by atoms with E-state index in [-0.39, 0.29) is 95.7 Å². The van der Waals surface area contributed by atoms with E-state index in [1.807, 2.05) is 0 Å². The summed E-state index contributed by atoms with van der Waals surface area (Å²) in [5, 5.41) is 14.9. The summed E-state index contributed by atoms with van der Waals surface area (Å²) < 4.78 is 62.3. The van der Waals surface area contributed by atoms with Crippen LogP contribution >= 0.6 is 23.2 Å². The minimum atomic E-state index is -4.64. The van der Waals surface area contributed by atoms with Gasteiger partial charge in [-0.1, -0.05) is 83.9 Å². The highest BCUT2D eigenvalue weighted by atomic mass is 35.5. The van der Waals surface area contributed by atoms with Crippen LogP contribution in [0, 0.1) is 11.6 Å². The van der Waals surface area contributed by atoms with Crippen molar-refractivity contribution in [3.8, 4) is 0 Å². The number of amides is 6. The first-order chi connectivity index (χ1) is 34.3. The number of nitrogens with one attached hydrogen (secondary N) is 2. The van der Waals surface area contributed by atoms with Crippen LogP contribution in [0.2, 0.25) is 10.0 Å². The van der Waals surface area contributed by atoms with Gasteiger partial charge in [0, 0.05) is 47.1 Å². The predicted molar refractivity (Wildman–Crippen MR) is 254 cm³/mol. The van der Waals surface area contributed by atoms with Crippen LogP contribution in [0.5, 0.6) is 0 Å². The molecule has 24 heteroatoms. The second kappa shape index (κ2) is 24.1. The van der Waals surface area contributed by atoms with Gasteiger partial charge in [0.15, 0.2) is 11.4 Å². The Hall–Kier alpha value is -7.46. The molecule has 0 atom stereocenters.